The van der Waals surface area contributed by atoms with Gasteiger partial charge in [-0.2, -0.15) is 0 Å². The lowest BCUT2D eigenvalue weighted by atomic mass is 10.1. The van der Waals surface area contributed by atoms with Crippen molar-refractivity contribution >= 4 is 45.0 Å². The van der Waals surface area contributed by atoms with Crippen molar-refractivity contribution < 1.29 is 13.2 Å². The SMILES string of the molecule is CC(C)CN(C(=O)C=Cc1cc(Cl)ccc1Cl)C1CCS(=O)(=O)C1. The Morgan fingerprint density at radius 2 is 2.08 bits per heavy atom. The molecule has 1 atom stereocenters. The molecular formula is C17H21Cl2NO3S. The van der Waals surface area contributed by atoms with E-state index in [1.165, 1.54) is 6.08 Å². The lowest BCUT2D eigenvalue weighted by Gasteiger charge is -2.28. The van der Waals surface area contributed by atoms with Crippen LogP contribution in [0.15, 0.2) is 24.3 Å². The predicted molar refractivity (Wildman–Crippen MR) is 99.1 cm³/mol. The van der Waals surface area contributed by atoms with E-state index in [4.69, 9.17) is 23.2 Å². The second kappa shape index (κ2) is 7.89. The minimum atomic E-state index is -3.05. The second-order valence-corrected chi connectivity index (χ2v) is 9.51. The fraction of sp³-hybridized carbons (Fsp3) is 0.471. The van der Waals surface area contributed by atoms with Crippen molar-refractivity contribution in [2.45, 2.75) is 26.3 Å². The van der Waals surface area contributed by atoms with E-state index in [1.54, 1.807) is 29.2 Å². The van der Waals surface area contributed by atoms with Gasteiger partial charge in [-0.3, -0.25) is 4.79 Å². The smallest absolute Gasteiger partial charge is 0.246 e. The molecule has 2 rings (SSSR count). The molecule has 1 fully saturated rings. The minimum Gasteiger partial charge on any atom is -0.335 e. The minimum absolute atomic E-state index is 0.0389. The first-order valence-electron chi connectivity index (χ1n) is 7.82. The standard InChI is InChI=1S/C17H21Cl2NO3S/c1-12(2)10-20(15-7-8-24(22,23)11-15)17(21)6-3-13-9-14(18)4-5-16(13)19/h3-6,9,12,15H,7-8,10-11H2,1-2H3. The molecule has 0 radical (unpaired) electrons. The van der Waals surface area contributed by atoms with Crippen molar-refractivity contribution in [3.05, 3.63) is 39.9 Å². The van der Waals surface area contributed by atoms with Gasteiger partial charge < -0.3 is 4.90 Å². The molecule has 0 aliphatic carbocycles. The van der Waals surface area contributed by atoms with Crippen LogP contribution in [0.5, 0.6) is 0 Å². The third kappa shape index (κ3) is 5.23. The lowest BCUT2D eigenvalue weighted by molar-refractivity contribution is -0.128. The van der Waals surface area contributed by atoms with Crippen LogP contribution >= 0.6 is 23.2 Å². The quantitative estimate of drug-likeness (QED) is 0.721. The highest BCUT2D eigenvalue weighted by atomic mass is 35.5. The number of hydrogen-bond donors (Lipinski definition) is 0. The third-order valence-electron chi connectivity index (χ3n) is 3.86. The van der Waals surface area contributed by atoms with E-state index in [0.717, 1.165) is 0 Å². The monoisotopic (exact) mass is 389 g/mol. The zero-order valence-corrected chi connectivity index (χ0v) is 16.0. The summed E-state index contributed by atoms with van der Waals surface area (Å²) in [7, 11) is -3.05. The summed E-state index contributed by atoms with van der Waals surface area (Å²) in [5, 5.41) is 1.04. The molecule has 1 aromatic rings. The molecule has 1 aliphatic rings. The summed E-state index contributed by atoms with van der Waals surface area (Å²) in [6.45, 7) is 4.52. The molecule has 0 N–H and O–H groups in total. The Hall–Kier alpha value is -1.04. The van der Waals surface area contributed by atoms with E-state index in [0.29, 0.717) is 28.6 Å². The van der Waals surface area contributed by atoms with Gasteiger partial charge >= 0.3 is 0 Å². The van der Waals surface area contributed by atoms with E-state index < -0.39 is 9.84 Å². The van der Waals surface area contributed by atoms with Crippen LogP contribution in [0, 0.1) is 5.92 Å². The van der Waals surface area contributed by atoms with Crippen LogP contribution in [0.1, 0.15) is 25.8 Å². The van der Waals surface area contributed by atoms with E-state index >= 15 is 0 Å². The Bertz CT molecular complexity index is 744. The molecule has 0 saturated carbocycles. The van der Waals surface area contributed by atoms with Crippen molar-refractivity contribution in [3.63, 3.8) is 0 Å². The highest BCUT2D eigenvalue weighted by Gasteiger charge is 2.34. The van der Waals surface area contributed by atoms with E-state index in [-0.39, 0.29) is 29.4 Å². The number of halogens is 2. The van der Waals surface area contributed by atoms with Crippen LogP contribution in [0.4, 0.5) is 0 Å². The molecule has 132 valence electrons. The number of carbonyl (C=O) groups is 1. The Kier molecular flexibility index (Phi) is 6.34. The molecule has 24 heavy (non-hydrogen) atoms. The van der Waals surface area contributed by atoms with E-state index in [1.807, 2.05) is 13.8 Å². The molecule has 0 aromatic heterocycles. The third-order valence-corrected chi connectivity index (χ3v) is 6.19. The maximum atomic E-state index is 12.6. The van der Waals surface area contributed by atoms with E-state index in [2.05, 4.69) is 0 Å². The number of hydrogen-bond acceptors (Lipinski definition) is 3. The van der Waals surface area contributed by atoms with Gasteiger partial charge in [0, 0.05) is 28.7 Å². The predicted octanol–water partition coefficient (Wildman–Crippen LogP) is 3.68. The number of sulfone groups is 1. The molecule has 4 nitrogen and oxygen atoms in total. The average Bonchev–Trinajstić information content (AvgIpc) is 2.85. The van der Waals surface area contributed by atoms with Gasteiger partial charge in [-0.25, -0.2) is 8.42 Å². The molecule has 0 spiro atoms. The fourth-order valence-electron chi connectivity index (χ4n) is 2.73. The zero-order valence-electron chi connectivity index (χ0n) is 13.7. The zero-order chi connectivity index (χ0) is 17.9. The molecule has 1 aromatic carbocycles. The first kappa shape index (κ1) is 19.3. The summed E-state index contributed by atoms with van der Waals surface area (Å²) in [6.07, 6.45) is 3.55. The molecule has 1 amide bonds. The van der Waals surface area contributed by atoms with E-state index in [9.17, 15) is 13.2 Å². The van der Waals surface area contributed by atoms with Crippen LogP contribution < -0.4 is 0 Å². The van der Waals surface area contributed by atoms with Gasteiger partial charge in [0.1, 0.15) is 0 Å². The molecule has 1 unspecified atom stereocenters. The Balaban J connectivity index is 2.18. The van der Waals surface area contributed by atoms with Gasteiger partial charge in [-0.05, 0) is 42.2 Å². The Morgan fingerprint density at radius 1 is 1.38 bits per heavy atom. The van der Waals surface area contributed by atoms with Crippen molar-refractivity contribution in [2.24, 2.45) is 5.92 Å². The molecule has 1 saturated heterocycles. The number of benzene rings is 1. The van der Waals surface area contributed by atoms with Crippen LogP contribution in [0.2, 0.25) is 10.0 Å². The first-order chi connectivity index (χ1) is 11.2. The number of nitrogens with zero attached hydrogens (tertiary/aromatic N) is 1. The lowest BCUT2D eigenvalue weighted by Crippen LogP contribution is -2.42. The van der Waals surface area contributed by atoms with Crippen molar-refractivity contribution in [1.29, 1.82) is 0 Å². The Morgan fingerprint density at radius 3 is 2.67 bits per heavy atom. The highest BCUT2D eigenvalue weighted by Crippen LogP contribution is 2.23. The average molecular weight is 390 g/mol. The molecule has 7 heteroatoms. The molecular weight excluding hydrogens is 369 g/mol. The number of rotatable bonds is 5. The van der Waals surface area contributed by atoms with Gasteiger partial charge in [0.15, 0.2) is 9.84 Å². The van der Waals surface area contributed by atoms with Gasteiger partial charge in [0.05, 0.1) is 11.5 Å². The van der Waals surface area contributed by atoms with Gasteiger partial charge in [0.2, 0.25) is 5.91 Å². The summed E-state index contributed by atoms with van der Waals surface area (Å²) < 4.78 is 23.5. The normalized spacial score (nSPS) is 20.0. The molecule has 1 heterocycles. The van der Waals surface area contributed by atoms with Crippen LogP contribution in [0.25, 0.3) is 6.08 Å². The van der Waals surface area contributed by atoms with Crippen molar-refractivity contribution in [3.8, 4) is 0 Å². The highest BCUT2D eigenvalue weighted by molar-refractivity contribution is 7.91. The van der Waals surface area contributed by atoms with Crippen LogP contribution in [0.3, 0.4) is 0 Å². The summed E-state index contributed by atoms with van der Waals surface area (Å²) in [5.74, 6) is 0.225. The van der Waals surface area contributed by atoms with Crippen molar-refractivity contribution in [2.75, 3.05) is 18.1 Å². The topological polar surface area (TPSA) is 54.5 Å². The maximum Gasteiger partial charge on any atom is 0.246 e. The number of carbonyl (C=O) groups excluding carboxylic acids is 1. The summed E-state index contributed by atoms with van der Waals surface area (Å²) in [5.41, 5.74) is 0.654. The van der Waals surface area contributed by atoms with Gasteiger partial charge in [-0.1, -0.05) is 37.0 Å². The first-order valence-corrected chi connectivity index (χ1v) is 10.4. The molecule has 0 bridgehead atoms. The maximum absolute atomic E-state index is 12.6. The summed E-state index contributed by atoms with van der Waals surface area (Å²) in [6, 6.07) is 4.77. The summed E-state index contributed by atoms with van der Waals surface area (Å²) >= 11 is 12.0. The number of amides is 1. The van der Waals surface area contributed by atoms with Crippen LogP contribution in [-0.2, 0) is 14.6 Å². The van der Waals surface area contributed by atoms with Crippen molar-refractivity contribution in [1.82, 2.24) is 4.90 Å². The summed E-state index contributed by atoms with van der Waals surface area (Å²) in [4.78, 5) is 14.3. The Labute approximate surface area is 153 Å². The van der Waals surface area contributed by atoms with Gasteiger partial charge in [-0.15, -0.1) is 0 Å². The van der Waals surface area contributed by atoms with Gasteiger partial charge in [0.25, 0.3) is 0 Å². The fourth-order valence-corrected chi connectivity index (χ4v) is 4.82. The molecule has 1 aliphatic heterocycles. The van der Waals surface area contributed by atoms with Crippen LogP contribution in [-0.4, -0.2) is 43.3 Å². The second-order valence-electron chi connectivity index (χ2n) is 6.44. The largest absolute Gasteiger partial charge is 0.335 e.